The number of rotatable bonds is 4. The topological polar surface area (TPSA) is 60.9 Å². The molecular weight excluding hydrogens is 208 g/mol. The fraction of sp³-hybridized carbons (Fsp3) is 0.818. The summed E-state index contributed by atoms with van der Waals surface area (Å²) in [6, 6.07) is -0.0573. The van der Waals surface area contributed by atoms with Gasteiger partial charge >= 0.3 is 12.0 Å². The number of hydrogen-bond acceptors (Lipinski definition) is 2. The van der Waals surface area contributed by atoms with Gasteiger partial charge in [0.05, 0.1) is 5.92 Å². The average Bonchev–Trinajstić information content (AvgIpc) is 2.10. The normalized spacial score (nSPS) is 16.1. The fourth-order valence-electron chi connectivity index (χ4n) is 1.58. The van der Waals surface area contributed by atoms with Crippen LogP contribution in [0.4, 0.5) is 4.79 Å². The molecule has 0 spiro atoms. The Hall–Kier alpha value is -1.26. The van der Waals surface area contributed by atoms with E-state index in [-0.39, 0.29) is 11.9 Å². The quantitative estimate of drug-likeness (QED) is 0.783. The lowest BCUT2D eigenvalue weighted by molar-refractivity contribution is -0.146. The Bertz CT molecular complexity index is 272. The number of carbonyl (C=O) groups excluding carboxylic acids is 1. The van der Waals surface area contributed by atoms with Crippen LogP contribution in [0.5, 0.6) is 0 Å². The number of carboxylic acids is 1. The van der Waals surface area contributed by atoms with Crippen LogP contribution in [0, 0.1) is 11.8 Å². The molecule has 0 aromatic carbocycles. The van der Waals surface area contributed by atoms with E-state index in [0.29, 0.717) is 19.0 Å². The van der Waals surface area contributed by atoms with Crippen molar-refractivity contribution >= 4 is 12.0 Å². The van der Waals surface area contributed by atoms with Gasteiger partial charge in [-0.15, -0.1) is 0 Å². The lowest BCUT2D eigenvalue weighted by Crippen LogP contribution is -2.56. The van der Waals surface area contributed by atoms with Crippen molar-refractivity contribution in [3.8, 4) is 0 Å². The second kappa shape index (κ2) is 5.18. The van der Waals surface area contributed by atoms with Crippen LogP contribution in [0.3, 0.4) is 0 Å². The highest BCUT2D eigenvalue weighted by Crippen LogP contribution is 2.17. The Morgan fingerprint density at radius 3 is 2.44 bits per heavy atom. The van der Waals surface area contributed by atoms with Gasteiger partial charge in [-0.2, -0.15) is 0 Å². The van der Waals surface area contributed by atoms with Crippen molar-refractivity contribution in [2.75, 3.05) is 26.7 Å². The first kappa shape index (κ1) is 12.8. The van der Waals surface area contributed by atoms with Gasteiger partial charge in [-0.05, 0) is 12.3 Å². The van der Waals surface area contributed by atoms with Gasteiger partial charge in [-0.3, -0.25) is 4.79 Å². The number of hydrogen-bond donors (Lipinski definition) is 1. The summed E-state index contributed by atoms with van der Waals surface area (Å²) in [6.45, 7) is 5.65. The molecular formula is C11H20N2O3. The first-order valence-electron chi connectivity index (χ1n) is 5.64. The molecule has 92 valence electrons. The van der Waals surface area contributed by atoms with Crippen LogP contribution in [0.2, 0.25) is 0 Å². The summed E-state index contributed by atoms with van der Waals surface area (Å²) in [4.78, 5) is 25.6. The van der Waals surface area contributed by atoms with Crippen molar-refractivity contribution in [1.82, 2.24) is 9.80 Å². The van der Waals surface area contributed by atoms with Gasteiger partial charge in [-0.25, -0.2) is 4.79 Å². The van der Waals surface area contributed by atoms with E-state index in [1.54, 1.807) is 16.8 Å². The second-order valence-corrected chi connectivity index (χ2v) is 4.83. The largest absolute Gasteiger partial charge is 0.481 e. The van der Waals surface area contributed by atoms with Gasteiger partial charge in [-0.1, -0.05) is 13.8 Å². The molecule has 16 heavy (non-hydrogen) atoms. The molecule has 1 fully saturated rings. The van der Waals surface area contributed by atoms with E-state index in [1.165, 1.54) is 0 Å². The summed E-state index contributed by atoms with van der Waals surface area (Å²) in [7, 11) is 1.76. The summed E-state index contributed by atoms with van der Waals surface area (Å²) >= 11 is 0. The molecule has 0 aromatic heterocycles. The minimum Gasteiger partial charge on any atom is -0.481 e. The average molecular weight is 228 g/mol. The molecule has 0 atom stereocenters. The number of urea groups is 1. The molecule has 0 unspecified atom stereocenters. The van der Waals surface area contributed by atoms with E-state index >= 15 is 0 Å². The number of likely N-dealkylation sites (tertiary alicyclic amines) is 1. The van der Waals surface area contributed by atoms with E-state index in [0.717, 1.165) is 13.0 Å². The minimum absolute atomic E-state index is 0.0573. The maximum absolute atomic E-state index is 11.8. The van der Waals surface area contributed by atoms with Crippen molar-refractivity contribution in [1.29, 1.82) is 0 Å². The van der Waals surface area contributed by atoms with Crippen LogP contribution in [-0.2, 0) is 4.79 Å². The molecule has 0 aromatic rings. The standard InChI is InChI=1S/C11H20N2O3/c1-8(2)4-5-12(3)11(16)13-6-9(7-13)10(14)15/h8-9H,4-7H2,1-3H3,(H,14,15). The highest BCUT2D eigenvalue weighted by Gasteiger charge is 2.36. The number of carbonyl (C=O) groups is 2. The van der Waals surface area contributed by atoms with E-state index in [1.807, 2.05) is 0 Å². The highest BCUT2D eigenvalue weighted by molar-refractivity contribution is 5.79. The molecule has 1 N–H and O–H groups in total. The van der Waals surface area contributed by atoms with Gasteiger partial charge < -0.3 is 14.9 Å². The van der Waals surface area contributed by atoms with Crippen LogP contribution >= 0.6 is 0 Å². The third-order valence-corrected chi connectivity index (χ3v) is 2.87. The van der Waals surface area contributed by atoms with Crippen LogP contribution < -0.4 is 0 Å². The molecule has 1 rings (SSSR count). The summed E-state index contributed by atoms with van der Waals surface area (Å²) in [5, 5.41) is 8.70. The maximum atomic E-state index is 11.8. The lowest BCUT2D eigenvalue weighted by atomic mass is 10.0. The number of aliphatic carboxylic acids is 1. The molecule has 1 saturated heterocycles. The number of nitrogens with zero attached hydrogens (tertiary/aromatic N) is 2. The van der Waals surface area contributed by atoms with Crippen molar-refractivity contribution in [2.45, 2.75) is 20.3 Å². The van der Waals surface area contributed by atoms with Gasteiger partial charge in [0, 0.05) is 26.7 Å². The van der Waals surface area contributed by atoms with Crippen molar-refractivity contribution in [3.05, 3.63) is 0 Å². The Morgan fingerprint density at radius 2 is 2.00 bits per heavy atom. The molecule has 0 bridgehead atoms. The van der Waals surface area contributed by atoms with Crippen LogP contribution in [0.1, 0.15) is 20.3 Å². The monoisotopic (exact) mass is 228 g/mol. The Morgan fingerprint density at radius 1 is 1.44 bits per heavy atom. The van der Waals surface area contributed by atoms with Crippen LogP contribution in [0.15, 0.2) is 0 Å². The Balaban J connectivity index is 2.28. The maximum Gasteiger partial charge on any atom is 0.319 e. The van der Waals surface area contributed by atoms with Crippen molar-refractivity contribution < 1.29 is 14.7 Å². The van der Waals surface area contributed by atoms with Crippen LogP contribution in [0.25, 0.3) is 0 Å². The van der Waals surface area contributed by atoms with E-state index < -0.39 is 5.97 Å². The smallest absolute Gasteiger partial charge is 0.319 e. The van der Waals surface area contributed by atoms with E-state index in [4.69, 9.17) is 5.11 Å². The molecule has 0 aliphatic carbocycles. The van der Waals surface area contributed by atoms with Gasteiger partial charge in [0.15, 0.2) is 0 Å². The summed E-state index contributed by atoms with van der Waals surface area (Å²) in [5.41, 5.74) is 0. The number of amides is 2. The molecule has 1 aliphatic rings. The SMILES string of the molecule is CC(C)CCN(C)C(=O)N1CC(C(=O)O)C1. The van der Waals surface area contributed by atoms with Gasteiger partial charge in [0.25, 0.3) is 0 Å². The third-order valence-electron chi connectivity index (χ3n) is 2.87. The molecule has 1 aliphatic heterocycles. The minimum atomic E-state index is -0.811. The van der Waals surface area contributed by atoms with E-state index in [9.17, 15) is 9.59 Å². The first-order valence-corrected chi connectivity index (χ1v) is 5.64. The zero-order valence-corrected chi connectivity index (χ0v) is 10.1. The zero-order valence-electron chi connectivity index (χ0n) is 10.1. The molecule has 5 nitrogen and oxygen atoms in total. The Labute approximate surface area is 96.0 Å². The predicted octanol–water partition coefficient (Wildman–Crippen LogP) is 1.10. The van der Waals surface area contributed by atoms with Gasteiger partial charge in [0.1, 0.15) is 0 Å². The zero-order chi connectivity index (χ0) is 12.3. The first-order chi connectivity index (χ1) is 7.41. The highest BCUT2D eigenvalue weighted by atomic mass is 16.4. The molecule has 0 radical (unpaired) electrons. The van der Waals surface area contributed by atoms with Crippen molar-refractivity contribution in [3.63, 3.8) is 0 Å². The summed E-state index contributed by atoms with van der Waals surface area (Å²) < 4.78 is 0. The molecule has 5 heteroatoms. The van der Waals surface area contributed by atoms with Gasteiger partial charge in [0.2, 0.25) is 0 Å². The second-order valence-electron chi connectivity index (χ2n) is 4.83. The lowest BCUT2D eigenvalue weighted by Gasteiger charge is -2.39. The molecule has 0 saturated carbocycles. The molecule has 2 amide bonds. The predicted molar refractivity (Wildman–Crippen MR) is 60.2 cm³/mol. The summed E-state index contributed by atoms with van der Waals surface area (Å²) in [5.74, 6) is -0.616. The van der Waals surface area contributed by atoms with Crippen LogP contribution in [-0.4, -0.2) is 53.6 Å². The number of carboxylic acid groups (broad SMARTS) is 1. The van der Waals surface area contributed by atoms with Crippen molar-refractivity contribution in [2.24, 2.45) is 11.8 Å². The summed E-state index contributed by atoms with van der Waals surface area (Å²) in [6.07, 6.45) is 0.971. The third kappa shape index (κ3) is 3.12. The molecule has 1 heterocycles. The Kier molecular flexibility index (Phi) is 4.15. The van der Waals surface area contributed by atoms with E-state index in [2.05, 4.69) is 13.8 Å². The fourth-order valence-corrected chi connectivity index (χ4v) is 1.58.